The van der Waals surface area contributed by atoms with Gasteiger partial charge in [0.15, 0.2) is 0 Å². The van der Waals surface area contributed by atoms with Gasteiger partial charge in [0.05, 0.1) is 0 Å². The molecule has 0 N–H and O–H groups in total. The van der Waals surface area contributed by atoms with Gasteiger partial charge in [-0.25, -0.2) is 0 Å². The molecule has 0 radical (unpaired) electrons. The van der Waals surface area contributed by atoms with E-state index in [1.54, 1.807) is 6.92 Å². The fraction of sp³-hybridized carbons (Fsp3) is 0.700. The van der Waals surface area contributed by atoms with E-state index in [1.165, 1.54) is 13.8 Å². The summed E-state index contributed by atoms with van der Waals surface area (Å²) in [5.74, 6) is 3.49. The lowest BCUT2D eigenvalue weighted by Gasteiger charge is -2.21. The summed E-state index contributed by atoms with van der Waals surface area (Å²) in [5, 5.41) is 0. The zero-order chi connectivity index (χ0) is 11.4. The van der Waals surface area contributed by atoms with Gasteiger partial charge in [0.2, 0.25) is 5.78 Å². The molecular formula is C10H13F3O. The topological polar surface area (TPSA) is 17.1 Å². The Morgan fingerprint density at radius 1 is 1.21 bits per heavy atom. The van der Waals surface area contributed by atoms with Gasteiger partial charge in [0.25, 0.3) is 0 Å². The lowest BCUT2D eigenvalue weighted by Crippen LogP contribution is -2.36. The van der Waals surface area contributed by atoms with Gasteiger partial charge in [-0.3, -0.25) is 4.79 Å². The smallest absolute Gasteiger partial charge is 0.289 e. The van der Waals surface area contributed by atoms with Crippen molar-refractivity contribution < 1.29 is 18.0 Å². The maximum absolute atomic E-state index is 12.1. The van der Waals surface area contributed by atoms with Crippen LogP contribution in [0.15, 0.2) is 0 Å². The van der Waals surface area contributed by atoms with Crippen molar-refractivity contribution >= 4 is 5.78 Å². The average Bonchev–Trinajstić information content (AvgIpc) is 2.01. The Morgan fingerprint density at radius 2 is 1.71 bits per heavy atom. The lowest BCUT2D eigenvalue weighted by atomic mass is 9.84. The highest BCUT2D eigenvalue weighted by molar-refractivity contribution is 5.89. The molecule has 0 aliphatic heterocycles. The monoisotopic (exact) mass is 206 g/mol. The van der Waals surface area contributed by atoms with Crippen molar-refractivity contribution in [3.8, 4) is 11.8 Å². The van der Waals surface area contributed by atoms with Crippen molar-refractivity contribution in [3.05, 3.63) is 0 Å². The first-order chi connectivity index (χ1) is 6.22. The molecule has 0 heterocycles. The second kappa shape index (κ2) is 4.50. The number of carbonyl (C=O) groups is 1. The first-order valence-electron chi connectivity index (χ1n) is 4.29. The van der Waals surface area contributed by atoms with Crippen LogP contribution in [0.25, 0.3) is 0 Å². The summed E-state index contributed by atoms with van der Waals surface area (Å²) >= 11 is 0. The molecule has 0 aliphatic carbocycles. The molecule has 0 fully saturated rings. The highest BCUT2D eigenvalue weighted by atomic mass is 19.4. The van der Waals surface area contributed by atoms with Gasteiger partial charge >= 0.3 is 6.18 Å². The lowest BCUT2D eigenvalue weighted by molar-refractivity contribution is -0.180. The third kappa shape index (κ3) is 3.82. The summed E-state index contributed by atoms with van der Waals surface area (Å²) in [5.41, 5.74) is -1.44. The maximum Gasteiger partial charge on any atom is 0.450 e. The number of ketones is 1. The van der Waals surface area contributed by atoms with E-state index in [1.807, 2.05) is 0 Å². The van der Waals surface area contributed by atoms with Crippen molar-refractivity contribution in [1.82, 2.24) is 0 Å². The van der Waals surface area contributed by atoms with Gasteiger partial charge in [-0.05, 0) is 0 Å². The maximum atomic E-state index is 12.1. The molecule has 0 saturated carbocycles. The normalized spacial score (nSPS) is 11.9. The predicted octanol–water partition coefficient (Wildman–Crippen LogP) is 2.95. The van der Waals surface area contributed by atoms with Crippen molar-refractivity contribution in [1.29, 1.82) is 0 Å². The van der Waals surface area contributed by atoms with Gasteiger partial charge in [-0.1, -0.05) is 20.8 Å². The van der Waals surface area contributed by atoms with Crippen LogP contribution in [0.4, 0.5) is 13.2 Å². The van der Waals surface area contributed by atoms with E-state index in [-0.39, 0.29) is 6.42 Å². The molecule has 0 rings (SSSR count). The van der Waals surface area contributed by atoms with Crippen molar-refractivity contribution in [2.75, 3.05) is 0 Å². The number of hydrogen-bond donors (Lipinski definition) is 0. The van der Waals surface area contributed by atoms with Crippen LogP contribution in [0.5, 0.6) is 0 Å². The van der Waals surface area contributed by atoms with Gasteiger partial charge in [-0.15, -0.1) is 11.8 Å². The number of alkyl halides is 3. The Hall–Kier alpha value is -0.980. The van der Waals surface area contributed by atoms with Crippen LogP contribution >= 0.6 is 0 Å². The number of halogens is 3. The average molecular weight is 206 g/mol. The van der Waals surface area contributed by atoms with Crippen LogP contribution in [0.1, 0.15) is 33.6 Å². The molecule has 0 aromatic rings. The van der Waals surface area contributed by atoms with E-state index >= 15 is 0 Å². The third-order valence-corrected chi connectivity index (χ3v) is 1.70. The number of rotatable bonds is 2. The van der Waals surface area contributed by atoms with Crippen molar-refractivity contribution in [2.45, 2.75) is 39.8 Å². The minimum absolute atomic E-state index is 0.0564. The second-order valence-corrected chi connectivity index (χ2v) is 3.59. The quantitative estimate of drug-likeness (QED) is 0.635. The highest BCUT2D eigenvalue weighted by Crippen LogP contribution is 2.31. The number of hydrogen-bond acceptors (Lipinski definition) is 1. The fourth-order valence-corrected chi connectivity index (χ4v) is 0.872. The summed E-state index contributed by atoms with van der Waals surface area (Å²) < 4.78 is 36.2. The van der Waals surface area contributed by atoms with E-state index in [2.05, 4.69) is 11.8 Å². The zero-order valence-corrected chi connectivity index (χ0v) is 8.46. The molecule has 0 saturated heterocycles. The Kier molecular flexibility index (Phi) is 4.18. The fourth-order valence-electron chi connectivity index (χ4n) is 0.872. The molecule has 0 spiro atoms. The Labute approximate surface area is 81.7 Å². The third-order valence-electron chi connectivity index (χ3n) is 1.70. The molecule has 4 heteroatoms. The zero-order valence-electron chi connectivity index (χ0n) is 8.46. The Bertz CT molecular complexity index is 265. The molecule has 0 aromatic heterocycles. The molecular weight excluding hydrogens is 193 g/mol. The van der Waals surface area contributed by atoms with E-state index in [4.69, 9.17) is 0 Å². The Balaban J connectivity index is 4.55. The molecule has 0 unspecified atom stereocenters. The van der Waals surface area contributed by atoms with E-state index in [0.717, 1.165) is 0 Å². The second-order valence-electron chi connectivity index (χ2n) is 3.59. The molecule has 14 heavy (non-hydrogen) atoms. The summed E-state index contributed by atoms with van der Waals surface area (Å²) in [6.45, 7) is 4.31. The van der Waals surface area contributed by atoms with Crippen LogP contribution < -0.4 is 0 Å². The summed E-state index contributed by atoms with van der Waals surface area (Å²) in [6.07, 6.45) is -4.24. The van der Waals surface area contributed by atoms with Gasteiger partial charge in [0, 0.05) is 18.3 Å². The van der Waals surface area contributed by atoms with E-state index in [0.29, 0.717) is 6.42 Å². The minimum Gasteiger partial charge on any atom is -0.289 e. The van der Waals surface area contributed by atoms with Crippen LogP contribution in [-0.2, 0) is 4.79 Å². The number of carbonyl (C=O) groups excluding carboxylic acids is 1. The van der Waals surface area contributed by atoms with Crippen LogP contribution in [-0.4, -0.2) is 12.0 Å². The van der Waals surface area contributed by atoms with Gasteiger partial charge in [-0.2, -0.15) is 13.2 Å². The van der Waals surface area contributed by atoms with Crippen LogP contribution in [0.3, 0.4) is 0 Å². The first kappa shape index (κ1) is 13.0. The molecule has 1 nitrogen and oxygen atoms in total. The van der Waals surface area contributed by atoms with E-state index < -0.39 is 17.4 Å². The first-order valence-corrected chi connectivity index (χ1v) is 4.29. The highest BCUT2D eigenvalue weighted by Gasteiger charge is 2.47. The molecule has 80 valence electrons. The molecule has 0 atom stereocenters. The largest absolute Gasteiger partial charge is 0.450 e. The van der Waals surface area contributed by atoms with Gasteiger partial charge in [0.1, 0.15) is 0 Å². The molecule has 0 amide bonds. The van der Waals surface area contributed by atoms with Crippen molar-refractivity contribution in [2.24, 2.45) is 5.41 Å². The summed E-state index contributed by atoms with van der Waals surface area (Å²) in [7, 11) is 0. The standard InChI is InChI=1S/C10H13F3O/c1-4-5-6-7-9(2,3)8(14)10(11,12)13/h4,7H2,1-3H3. The van der Waals surface area contributed by atoms with Crippen LogP contribution in [0, 0.1) is 17.3 Å². The summed E-state index contributed by atoms with van der Waals surface area (Å²) in [6, 6.07) is 0. The molecule has 0 aromatic carbocycles. The molecule has 0 bridgehead atoms. The predicted molar refractivity (Wildman–Crippen MR) is 47.5 cm³/mol. The van der Waals surface area contributed by atoms with Crippen molar-refractivity contribution in [3.63, 3.8) is 0 Å². The van der Waals surface area contributed by atoms with Crippen LogP contribution in [0.2, 0.25) is 0 Å². The van der Waals surface area contributed by atoms with Gasteiger partial charge < -0.3 is 0 Å². The SMILES string of the molecule is CCC#CCC(C)(C)C(=O)C(F)(F)F. The Morgan fingerprint density at radius 3 is 2.07 bits per heavy atom. The van der Waals surface area contributed by atoms with E-state index in [9.17, 15) is 18.0 Å². The summed E-state index contributed by atoms with van der Waals surface area (Å²) in [4.78, 5) is 10.9. The number of Topliss-reactive ketones (excluding diaryl/α,β-unsaturated/α-hetero) is 1. The molecule has 0 aliphatic rings. The minimum atomic E-state index is -4.77.